The van der Waals surface area contributed by atoms with E-state index < -0.39 is 0 Å². The van der Waals surface area contributed by atoms with Crippen molar-refractivity contribution in [3.05, 3.63) is 0 Å². The van der Waals surface area contributed by atoms with Gasteiger partial charge in [-0.05, 0) is 25.0 Å². The van der Waals surface area contributed by atoms with Crippen molar-refractivity contribution in [2.45, 2.75) is 25.7 Å². The van der Waals surface area contributed by atoms with Crippen molar-refractivity contribution in [2.75, 3.05) is 0 Å². The maximum atomic E-state index is 10.2. The monoisotopic (exact) mass is 129 g/mol. The van der Waals surface area contributed by atoms with Gasteiger partial charge in [0.1, 0.15) is 0 Å². The van der Waals surface area contributed by atoms with Gasteiger partial charge in [0.25, 0.3) is 0 Å². The molecule has 1 nitrogen and oxygen atoms in total. The molecule has 45 valence electrons. The average molecular weight is 129 g/mol. The minimum atomic E-state index is -0.0723. The predicted octanol–water partition coefficient (Wildman–Crippen LogP) is 1.90. The molecule has 1 radical (unpaired) electrons. The number of hydrogen-bond donors (Lipinski definition) is 0. The zero-order chi connectivity index (χ0) is 5.98. The van der Waals surface area contributed by atoms with E-state index in [0.717, 1.165) is 12.3 Å². The van der Waals surface area contributed by atoms with Crippen LogP contribution in [0.25, 0.3) is 0 Å². The third-order valence-corrected chi connectivity index (χ3v) is 1.66. The first-order valence-corrected chi connectivity index (χ1v) is 3.39. The first-order valence-electron chi connectivity index (χ1n) is 2.99. The van der Waals surface area contributed by atoms with Crippen LogP contribution in [0.1, 0.15) is 25.7 Å². The van der Waals surface area contributed by atoms with E-state index in [2.05, 4.69) is 12.6 Å². The highest BCUT2D eigenvalue weighted by Gasteiger charge is 2.21. The number of rotatable bonds is 3. The molecule has 0 aliphatic heterocycles. The molecule has 0 N–H and O–H groups in total. The molecule has 0 aromatic heterocycles. The largest absolute Gasteiger partial charge is 0.282 e. The van der Waals surface area contributed by atoms with Gasteiger partial charge in [-0.2, -0.15) is 0 Å². The third-order valence-electron chi connectivity index (χ3n) is 1.45. The van der Waals surface area contributed by atoms with Crippen LogP contribution in [0.15, 0.2) is 0 Å². The number of carbonyl (C=O) groups excluding carboxylic acids is 1. The Balaban J connectivity index is 1.95. The first kappa shape index (κ1) is 6.02. The van der Waals surface area contributed by atoms with Crippen LogP contribution >= 0.6 is 12.6 Å². The van der Waals surface area contributed by atoms with E-state index in [1.807, 2.05) is 0 Å². The Bertz CT molecular complexity index is 96.7. The van der Waals surface area contributed by atoms with Gasteiger partial charge in [-0.15, -0.1) is 0 Å². The molecule has 1 fully saturated rings. The molecular weight excluding hydrogens is 120 g/mol. The number of hydrogen-bond acceptors (Lipinski definition) is 1. The molecule has 1 rings (SSSR count). The van der Waals surface area contributed by atoms with Crippen molar-refractivity contribution in [1.29, 1.82) is 0 Å². The predicted molar refractivity (Wildman–Crippen MR) is 34.6 cm³/mol. The van der Waals surface area contributed by atoms with Crippen LogP contribution < -0.4 is 0 Å². The lowest BCUT2D eigenvalue weighted by atomic mass is 10.2. The Labute approximate surface area is 54.9 Å². The summed E-state index contributed by atoms with van der Waals surface area (Å²) in [4.78, 5) is 10.2. The zero-order valence-electron chi connectivity index (χ0n) is 4.72. The van der Waals surface area contributed by atoms with Crippen molar-refractivity contribution in [3.63, 3.8) is 0 Å². The molecule has 1 aliphatic rings. The molecule has 1 saturated carbocycles. The lowest BCUT2D eigenvalue weighted by Crippen LogP contribution is -1.85. The topological polar surface area (TPSA) is 17.1 Å². The van der Waals surface area contributed by atoms with E-state index in [4.69, 9.17) is 0 Å². The molecule has 2 heteroatoms. The van der Waals surface area contributed by atoms with Gasteiger partial charge in [-0.25, -0.2) is 0 Å². The second-order valence-electron chi connectivity index (χ2n) is 2.35. The lowest BCUT2D eigenvalue weighted by Gasteiger charge is -1.87. The van der Waals surface area contributed by atoms with Crippen LogP contribution in [0, 0.1) is 5.92 Å². The van der Waals surface area contributed by atoms with Gasteiger partial charge in [-0.1, -0.05) is 12.8 Å². The maximum Gasteiger partial charge on any atom is 0.218 e. The van der Waals surface area contributed by atoms with Crippen molar-refractivity contribution < 1.29 is 4.79 Å². The maximum absolute atomic E-state index is 10.2. The van der Waals surface area contributed by atoms with Crippen molar-refractivity contribution >= 4 is 17.7 Å². The van der Waals surface area contributed by atoms with Crippen LogP contribution in [0.4, 0.5) is 0 Å². The van der Waals surface area contributed by atoms with E-state index in [0.29, 0.717) is 6.42 Å². The van der Waals surface area contributed by atoms with E-state index in [1.165, 1.54) is 12.8 Å². The van der Waals surface area contributed by atoms with Gasteiger partial charge in [0.15, 0.2) is 0 Å². The highest BCUT2D eigenvalue weighted by Crippen LogP contribution is 2.33. The summed E-state index contributed by atoms with van der Waals surface area (Å²) in [6.45, 7) is 0. The second kappa shape index (κ2) is 2.44. The van der Waals surface area contributed by atoms with Crippen LogP contribution in [0.5, 0.6) is 0 Å². The Morgan fingerprint density at radius 3 is 2.62 bits per heavy atom. The van der Waals surface area contributed by atoms with Crippen LogP contribution in [0.2, 0.25) is 0 Å². The minimum absolute atomic E-state index is 0.0723. The van der Waals surface area contributed by atoms with Gasteiger partial charge in [0, 0.05) is 6.42 Å². The summed E-state index contributed by atoms with van der Waals surface area (Å²) in [6, 6.07) is 0. The lowest BCUT2D eigenvalue weighted by molar-refractivity contribution is -0.110. The molecule has 1 aliphatic carbocycles. The summed E-state index contributed by atoms with van der Waals surface area (Å²) in [6.07, 6.45) is 4.31. The molecule has 0 amide bonds. The highest BCUT2D eigenvalue weighted by molar-refractivity contribution is 7.96. The highest BCUT2D eigenvalue weighted by atomic mass is 32.1. The molecule has 0 unspecified atom stereocenters. The fourth-order valence-electron chi connectivity index (χ4n) is 0.729. The second-order valence-corrected chi connectivity index (χ2v) is 2.81. The van der Waals surface area contributed by atoms with E-state index >= 15 is 0 Å². The fraction of sp³-hybridized carbons (Fsp3) is 0.833. The minimum Gasteiger partial charge on any atom is -0.282 e. The average Bonchev–Trinajstić information content (AvgIpc) is 2.41. The van der Waals surface area contributed by atoms with Crippen molar-refractivity contribution in [3.8, 4) is 0 Å². The Morgan fingerprint density at radius 2 is 2.25 bits per heavy atom. The van der Waals surface area contributed by atoms with E-state index in [9.17, 15) is 4.79 Å². The molecule has 0 saturated heterocycles. The quantitative estimate of drug-likeness (QED) is 0.568. The van der Waals surface area contributed by atoms with E-state index in [-0.39, 0.29) is 5.12 Å². The number of carbonyl (C=O) groups is 1. The van der Waals surface area contributed by atoms with Gasteiger partial charge < -0.3 is 0 Å². The molecule has 8 heavy (non-hydrogen) atoms. The van der Waals surface area contributed by atoms with Crippen LogP contribution in [-0.2, 0) is 4.79 Å². The van der Waals surface area contributed by atoms with E-state index in [1.54, 1.807) is 0 Å². The summed E-state index contributed by atoms with van der Waals surface area (Å²) in [5, 5.41) is -0.0723. The van der Waals surface area contributed by atoms with Crippen LogP contribution in [0.3, 0.4) is 0 Å². The van der Waals surface area contributed by atoms with Gasteiger partial charge in [0.2, 0.25) is 5.12 Å². The molecule has 0 aromatic carbocycles. The van der Waals surface area contributed by atoms with Crippen LogP contribution in [-0.4, -0.2) is 5.12 Å². The van der Waals surface area contributed by atoms with Gasteiger partial charge in [0.05, 0.1) is 0 Å². The van der Waals surface area contributed by atoms with Crippen molar-refractivity contribution in [1.82, 2.24) is 0 Å². The zero-order valence-corrected chi connectivity index (χ0v) is 5.54. The third kappa shape index (κ3) is 2.26. The smallest absolute Gasteiger partial charge is 0.218 e. The summed E-state index contributed by atoms with van der Waals surface area (Å²) >= 11 is 4.39. The van der Waals surface area contributed by atoms with Gasteiger partial charge in [-0.3, -0.25) is 4.79 Å². The molecule has 0 spiro atoms. The summed E-state index contributed by atoms with van der Waals surface area (Å²) in [7, 11) is 0. The Hall–Kier alpha value is -0.110. The van der Waals surface area contributed by atoms with Gasteiger partial charge >= 0.3 is 0 Å². The normalized spacial score (nSPS) is 18.5. The summed E-state index contributed by atoms with van der Waals surface area (Å²) < 4.78 is 0. The summed E-state index contributed by atoms with van der Waals surface area (Å²) in [5.74, 6) is 0.849. The fourth-order valence-corrected chi connectivity index (χ4v) is 0.846. The molecule has 0 aromatic rings. The SMILES string of the molecule is O=C([S])CCC1CC1. The standard InChI is InChI=1S/C6H9OS/c7-6(8)4-3-5-1-2-5/h5H,1-4H2. The Kier molecular flexibility index (Phi) is 1.84. The molecule has 0 bridgehead atoms. The Morgan fingerprint density at radius 1 is 1.62 bits per heavy atom. The van der Waals surface area contributed by atoms with Crippen molar-refractivity contribution in [2.24, 2.45) is 5.92 Å². The molecular formula is C6H9OS. The molecule has 0 atom stereocenters. The summed E-state index contributed by atoms with van der Waals surface area (Å²) in [5.41, 5.74) is 0. The molecule has 0 heterocycles. The first-order chi connectivity index (χ1) is 3.79.